The molecule has 1 aliphatic rings. The van der Waals surface area contributed by atoms with E-state index in [4.69, 9.17) is 9.47 Å². The van der Waals surface area contributed by atoms with Crippen molar-refractivity contribution in [3.63, 3.8) is 0 Å². The van der Waals surface area contributed by atoms with Crippen LogP contribution in [0.25, 0.3) is 0 Å². The third kappa shape index (κ3) is 6.01. The van der Waals surface area contributed by atoms with Crippen LogP contribution in [0.15, 0.2) is 77.8 Å². The molecule has 3 aromatic carbocycles. The fraction of sp³-hybridized carbons (Fsp3) is 0.333. The molecule has 2 atom stereocenters. The number of amidine groups is 1. The summed E-state index contributed by atoms with van der Waals surface area (Å²) < 4.78 is 66.3. The van der Waals surface area contributed by atoms with Gasteiger partial charge in [0.1, 0.15) is 41.0 Å². The first-order valence-corrected chi connectivity index (χ1v) is 14.3. The number of nitrogens with zero attached hydrogens (tertiary/aromatic N) is 1. The van der Waals surface area contributed by atoms with E-state index in [1.54, 1.807) is 45.0 Å². The molecule has 2 unspecified atom stereocenters. The van der Waals surface area contributed by atoms with E-state index in [2.05, 4.69) is 10.3 Å². The summed E-state index contributed by atoms with van der Waals surface area (Å²) in [6.45, 7) is 8.10. The molecule has 1 N–H and O–H groups in total. The second-order valence-corrected chi connectivity index (χ2v) is 13.4. The minimum atomic E-state index is -4.20. The lowest BCUT2D eigenvalue weighted by atomic mass is 9.91. The highest BCUT2D eigenvalue weighted by atomic mass is 32.2. The van der Waals surface area contributed by atoms with Crippen LogP contribution < -0.4 is 10.1 Å². The highest BCUT2D eigenvalue weighted by molar-refractivity contribution is 7.93. The van der Waals surface area contributed by atoms with Gasteiger partial charge in [-0.2, -0.15) is 0 Å². The number of benzene rings is 3. The maximum Gasteiger partial charge on any atom is 0.413 e. The Morgan fingerprint density at radius 2 is 1.70 bits per heavy atom. The minimum absolute atomic E-state index is 0.122. The lowest BCUT2D eigenvalue weighted by Gasteiger charge is -2.41. The molecule has 7 nitrogen and oxygen atoms in total. The van der Waals surface area contributed by atoms with Crippen molar-refractivity contribution in [2.75, 3.05) is 5.75 Å². The van der Waals surface area contributed by atoms with E-state index in [0.29, 0.717) is 11.8 Å². The number of rotatable bonds is 5. The molecule has 0 saturated heterocycles. The molecule has 3 aromatic rings. The van der Waals surface area contributed by atoms with Crippen molar-refractivity contribution < 1.29 is 31.5 Å². The van der Waals surface area contributed by atoms with E-state index >= 15 is 0 Å². The third-order valence-electron chi connectivity index (χ3n) is 6.67. The SMILES string of the molecule is CC(C)(C)OC(=O)NC1=NC(C)(c2ccc(F)cc2F)CS(=O)(=O)C1(C)c1cccc(OCc2ccccc2)c1. The highest BCUT2D eigenvalue weighted by Gasteiger charge is 2.55. The quantitative estimate of drug-likeness (QED) is 0.405. The van der Waals surface area contributed by atoms with Gasteiger partial charge >= 0.3 is 6.09 Å². The zero-order chi connectivity index (χ0) is 29.3. The zero-order valence-electron chi connectivity index (χ0n) is 23.0. The van der Waals surface area contributed by atoms with Gasteiger partial charge in [0, 0.05) is 11.6 Å². The first kappa shape index (κ1) is 29.2. The molecule has 0 aromatic heterocycles. The number of carbonyl (C=O) groups excluding carboxylic acids is 1. The number of nitrogens with one attached hydrogen (secondary N) is 1. The Morgan fingerprint density at radius 3 is 2.35 bits per heavy atom. The van der Waals surface area contributed by atoms with Crippen molar-refractivity contribution in [1.82, 2.24) is 5.32 Å². The molecule has 0 aliphatic carbocycles. The Labute approximate surface area is 233 Å². The second kappa shape index (κ2) is 10.6. The molecule has 1 aliphatic heterocycles. The Morgan fingerprint density at radius 1 is 1.00 bits per heavy atom. The Hall–Kier alpha value is -3.79. The van der Waals surface area contributed by atoms with E-state index in [1.165, 1.54) is 13.8 Å². The van der Waals surface area contributed by atoms with E-state index in [9.17, 15) is 22.0 Å². The number of amides is 1. The highest BCUT2D eigenvalue weighted by Crippen LogP contribution is 2.44. The monoisotopic (exact) mass is 570 g/mol. The number of carbonyl (C=O) groups is 1. The maximum atomic E-state index is 14.9. The maximum absolute atomic E-state index is 14.9. The molecule has 1 heterocycles. The van der Waals surface area contributed by atoms with Gasteiger partial charge in [0.2, 0.25) is 0 Å². The minimum Gasteiger partial charge on any atom is -0.489 e. The van der Waals surface area contributed by atoms with Crippen molar-refractivity contribution in [1.29, 1.82) is 0 Å². The lowest BCUT2D eigenvalue weighted by Crippen LogP contribution is -2.57. The van der Waals surface area contributed by atoms with Gasteiger partial charge in [-0.15, -0.1) is 0 Å². The summed E-state index contributed by atoms with van der Waals surface area (Å²) in [6.07, 6.45) is -0.923. The normalized spacial score (nSPS) is 22.2. The van der Waals surface area contributed by atoms with Crippen molar-refractivity contribution in [3.05, 3.63) is 101 Å². The Balaban J connectivity index is 1.82. The van der Waals surface area contributed by atoms with Crippen LogP contribution in [0.3, 0.4) is 0 Å². The largest absolute Gasteiger partial charge is 0.489 e. The van der Waals surface area contributed by atoms with Crippen LogP contribution in [0.1, 0.15) is 51.3 Å². The standard InChI is InChI=1S/C30H32F2N2O5S/c1-28(2,3)39-27(35)33-26-30(5,21-12-9-13-23(16-21)38-18-20-10-7-6-8-11-20)40(36,37)19-29(4,34-26)24-15-14-22(31)17-25(24)32/h6-17H,18-19H2,1-5H3,(H,33,34,35). The first-order chi connectivity index (χ1) is 18.6. The Bertz CT molecular complexity index is 1550. The van der Waals surface area contributed by atoms with E-state index in [1.807, 2.05) is 30.3 Å². The summed E-state index contributed by atoms with van der Waals surface area (Å²) in [4.78, 5) is 17.5. The summed E-state index contributed by atoms with van der Waals surface area (Å²) >= 11 is 0. The first-order valence-electron chi connectivity index (χ1n) is 12.7. The fourth-order valence-electron chi connectivity index (χ4n) is 4.60. The van der Waals surface area contributed by atoms with Crippen LogP contribution in [0.5, 0.6) is 5.75 Å². The molecular weight excluding hydrogens is 538 g/mol. The summed E-state index contributed by atoms with van der Waals surface area (Å²) in [5.41, 5.74) is -1.46. The molecular formula is C30H32F2N2O5S. The van der Waals surface area contributed by atoms with Crippen molar-refractivity contribution >= 4 is 21.8 Å². The molecule has 4 rings (SSSR count). The van der Waals surface area contributed by atoms with Gasteiger partial charge in [0.15, 0.2) is 14.6 Å². The van der Waals surface area contributed by atoms with E-state index in [-0.39, 0.29) is 23.6 Å². The fourth-order valence-corrected chi connectivity index (χ4v) is 6.72. The summed E-state index contributed by atoms with van der Waals surface area (Å²) in [5.74, 6) is -2.20. The van der Waals surface area contributed by atoms with Crippen molar-refractivity contribution in [2.45, 2.75) is 57.1 Å². The van der Waals surface area contributed by atoms with Gasteiger partial charge in [0.05, 0.1) is 5.75 Å². The lowest BCUT2D eigenvalue weighted by molar-refractivity contribution is 0.0560. The zero-order valence-corrected chi connectivity index (χ0v) is 23.8. The van der Waals surface area contributed by atoms with Crippen LogP contribution in [-0.4, -0.2) is 31.7 Å². The average Bonchev–Trinajstić information content (AvgIpc) is 2.85. The summed E-state index contributed by atoms with van der Waals surface area (Å²) in [5, 5.41) is 2.53. The van der Waals surface area contributed by atoms with Crippen LogP contribution >= 0.6 is 0 Å². The molecule has 10 heteroatoms. The number of halogens is 2. The summed E-state index contributed by atoms with van der Waals surface area (Å²) in [7, 11) is -4.20. The molecule has 40 heavy (non-hydrogen) atoms. The number of alkyl carbamates (subject to hydrolysis) is 1. The predicted molar refractivity (Wildman–Crippen MR) is 149 cm³/mol. The smallest absolute Gasteiger partial charge is 0.413 e. The van der Waals surface area contributed by atoms with Gasteiger partial charge in [-0.3, -0.25) is 10.3 Å². The average molecular weight is 571 g/mol. The number of ether oxygens (including phenoxy) is 2. The van der Waals surface area contributed by atoms with Gasteiger partial charge < -0.3 is 9.47 Å². The number of hydrogen-bond acceptors (Lipinski definition) is 6. The van der Waals surface area contributed by atoms with Gasteiger partial charge in [-0.25, -0.2) is 22.0 Å². The van der Waals surface area contributed by atoms with Gasteiger partial charge in [-0.05, 0) is 63.9 Å². The number of hydrogen-bond donors (Lipinski definition) is 1. The van der Waals surface area contributed by atoms with Crippen LogP contribution in [0.2, 0.25) is 0 Å². The van der Waals surface area contributed by atoms with Crippen LogP contribution in [-0.2, 0) is 31.5 Å². The topological polar surface area (TPSA) is 94.1 Å². The second-order valence-electron chi connectivity index (χ2n) is 11.1. The molecule has 0 fully saturated rings. The van der Waals surface area contributed by atoms with Crippen LogP contribution in [0.4, 0.5) is 13.6 Å². The number of aliphatic imine (C=N–C) groups is 1. The molecule has 0 spiro atoms. The van der Waals surface area contributed by atoms with Gasteiger partial charge in [-0.1, -0.05) is 48.5 Å². The van der Waals surface area contributed by atoms with Gasteiger partial charge in [0.25, 0.3) is 0 Å². The predicted octanol–water partition coefficient (Wildman–Crippen LogP) is 6.03. The molecule has 0 saturated carbocycles. The molecule has 0 bridgehead atoms. The van der Waals surface area contributed by atoms with Crippen LogP contribution in [0, 0.1) is 11.6 Å². The molecule has 0 radical (unpaired) electrons. The Kier molecular flexibility index (Phi) is 7.77. The third-order valence-corrected chi connectivity index (χ3v) is 9.28. The van der Waals surface area contributed by atoms with Crippen molar-refractivity contribution in [2.24, 2.45) is 4.99 Å². The summed E-state index contributed by atoms with van der Waals surface area (Å²) in [6, 6.07) is 18.9. The molecule has 1 amide bonds. The van der Waals surface area contributed by atoms with E-state index < -0.39 is 49.2 Å². The molecule has 212 valence electrons. The van der Waals surface area contributed by atoms with Crippen molar-refractivity contribution in [3.8, 4) is 5.75 Å². The van der Waals surface area contributed by atoms with E-state index in [0.717, 1.165) is 17.7 Å². The number of sulfone groups is 1.